The quantitative estimate of drug-likeness (QED) is 0.471. The Balaban J connectivity index is 1.49. The average molecular weight is 433 g/mol. The number of aromatic hydroxyl groups is 1. The van der Waals surface area contributed by atoms with Crippen molar-refractivity contribution in [2.24, 2.45) is 5.92 Å². The van der Waals surface area contributed by atoms with E-state index in [-0.39, 0.29) is 11.5 Å². The molecule has 1 saturated heterocycles. The number of rotatable bonds is 8. The van der Waals surface area contributed by atoms with Crippen LogP contribution in [0.15, 0.2) is 30.3 Å². The molecule has 7 heteroatoms. The second-order valence-corrected chi connectivity index (χ2v) is 8.17. The molecule has 1 fully saturated rings. The second-order valence-electron chi connectivity index (χ2n) is 7.76. The van der Waals surface area contributed by atoms with Crippen LogP contribution >= 0.6 is 11.6 Å². The van der Waals surface area contributed by atoms with E-state index >= 15 is 0 Å². The third kappa shape index (κ3) is 5.37. The number of likely N-dealkylation sites (tertiary alicyclic amines) is 1. The number of halogens is 1. The van der Waals surface area contributed by atoms with Gasteiger partial charge in [0, 0.05) is 19.0 Å². The zero-order chi connectivity index (χ0) is 21.7. The first-order chi connectivity index (χ1) is 14.4. The number of nitrogen functional groups attached to an aromatic ring is 1. The van der Waals surface area contributed by atoms with Crippen molar-refractivity contribution in [3.63, 3.8) is 0 Å². The van der Waals surface area contributed by atoms with Crippen LogP contribution in [0.3, 0.4) is 0 Å². The third-order valence-electron chi connectivity index (χ3n) is 5.76. The monoisotopic (exact) mass is 432 g/mol. The maximum atomic E-state index is 12.7. The number of carbonyl (C=O) groups is 1. The Morgan fingerprint density at radius 1 is 1.17 bits per heavy atom. The summed E-state index contributed by atoms with van der Waals surface area (Å²) in [6.07, 6.45) is 3.42. The summed E-state index contributed by atoms with van der Waals surface area (Å²) >= 11 is 6.08. The number of methoxy groups -OCH3 is 2. The first kappa shape index (κ1) is 22.2. The predicted octanol–water partition coefficient (Wildman–Crippen LogP) is 4.52. The van der Waals surface area contributed by atoms with Crippen LogP contribution in [0.1, 0.15) is 41.6 Å². The number of benzene rings is 2. The summed E-state index contributed by atoms with van der Waals surface area (Å²) in [4.78, 5) is 15.1. The zero-order valence-corrected chi connectivity index (χ0v) is 18.2. The highest BCUT2D eigenvalue weighted by Gasteiger charge is 2.22. The van der Waals surface area contributed by atoms with Crippen LogP contribution in [-0.2, 0) is 6.54 Å². The number of Topliss-reactive ketones (excluding diaryl/α,β-unsaturated/α-hetero) is 1. The standard InChI is InChI=1S/C23H29ClN2O4/c1-29-22-6-4-16(11-21(22)28)14-26-9-7-15(8-10-26)3-5-20(27)17-12-18(24)19(25)13-23(17)30-2/h4,6,11-13,15,28H,3,5,7-10,14,25H2,1-2H3. The predicted molar refractivity (Wildman–Crippen MR) is 119 cm³/mol. The lowest BCUT2D eigenvalue weighted by Crippen LogP contribution is -2.33. The molecule has 0 bridgehead atoms. The van der Waals surface area contributed by atoms with Crippen molar-refractivity contribution in [1.82, 2.24) is 4.90 Å². The molecule has 30 heavy (non-hydrogen) atoms. The summed E-state index contributed by atoms with van der Waals surface area (Å²) in [5, 5.41) is 10.3. The van der Waals surface area contributed by atoms with E-state index < -0.39 is 0 Å². The molecule has 162 valence electrons. The van der Waals surface area contributed by atoms with Gasteiger partial charge in [0.25, 0.3) is 0 Å². The molecular weight excluding hydrogens is 404 g/mol. The molecule has 0 aliphatic carbocycles. The van der Waals surface area contributed by atoms with Crippen molar-refractivity contribution in [2.45, 2.75) is 32.2 Å². The van der Waals surface area contributed by atoms with Crippen LogP contribution in [0.4, 0.5) is 5.69 Å². The molecule has 1 aliphatic rings. The third-order valence-corrected chi connectivity index (χ3v) is 6.08. The molecule has 0 spiro atoms. The van der Waals surface area contributed by atoms with Crippen molar-refractivity contribution in [1.29, 1.82) is 0 Å². The number of ether oxygens (including phenoxy) is 2. The van der Waals surface area contributed by atoms with Crippen molar-refractivity contribution < 1.29 is 19.4 Å². The largest absolute Gasteiger partial charge is 0.504 e. The van der Waals surface area contributed by atoms with Gasteiger partial charge in [0.1, 0.15) is 5.75 Å². The fourth-order valence-corrected chi connectivity index (χ4v) is 4.11. The van der Waals surface area contributed by atoms with Crippen molar-refractivity contribution >= 4 is 23.1 Å². The van der Waals surface area contributed by atoms with Crippen molar-refractivity contribution in [2.75, 3.05) is 33.0 Å². The van der Waals surface area contributed by atoms with Gasteiger partial charge in [-0.2, -0.15) is 0 Å². The van der Waals surface area contributed by atoms with E-state index in [0.717, 1.165) is 44.5 Å². The molecule has 1 aliphatic heterocycles. The summed E-state index contributed by atoms with van der Waals surface area (Å²) in [7, 11) is 3.07. The van der Waals surface area contributed by atoms with Gasteiger partial charge >= 0.3 is 0 Å². The van der Waals surface area contributed by atoms with E-state index in [1.165, 1.54) is 7.11 Å². The summed E-state index contributed by atoms with van der Waals surface area (Å²) in [5.74, 6) is 1.68. The van der Waals surface area contributed by atoms with Gasteiger partial charge in [0.2, 0.25) is 0 Å². The highest BCUT2D eigenvalue weighted by molar-refractivity contribution is 6.33. The lowest BCUT2D eigenvalue weighted by Gasteiger charge is -2.32. The SMILES string of the molecule is COc1ccc(CN2CCC(CCC(=O)c3cc(Cl)c(N)cc3OC)CC2)cc1O. The van der Waals surface area contributed by atoms with Crippen LogP contribution < -0.4 is 15.2 Å². The smallest absolute Gasteiger partial charge is 0.166 e. The van der Waals surface area contributed by atoms with Crippen molar-refractivity contribution in [3.8, 4) is 17.2 Å². The minimum atomic E-state index is 0.0323. The van der Waals surface area contributed by atoms with Crippen molar-refractivity contribution in [3.05, 3.63) is 46.5 Å². The molecule has 0 radical (unpaired) electrons. The van der Waals surface area contributed by atoms with E-state index in [1.807, 2.05) is 6.07 Å². The van der Waals surface area contributed by atoms with Gasteiger partial charge in [0.15, 0.2) is 17.3 Å². The summed E-state index contributed by atoms with van der Waals surface area (Å²) in [5.41, 5.74) is 7.76. The molecule has 0 amide bonds. The molecule has 0 saturated carbocycles. The fourth-order valence-electron chi connectivity index (χ4n) is 3.95. The molecule has 3 rings (SSSR count). The molecule has 0 unspecified atom stereocenters. The van der Waals surface area contributed by atoms with Gasteiger partial charge in [-0.3, -0.25) is 9.69 Å². The van der Waals surface area contributed by atoms with Gasteiger partial charge in [-0.25, -0.2) is 0 Å². The van der Waals surface area contributed by atoms with Gasteiger partial charge in [-0.05, 0) is 62.0 Å². The number of ketones is 1. The van der Waals surface area contributed by atoms with Gasteiger partial charge in [0.05, 0.1) is 30.5 Å². The second kappa shape index (κ2) is 10.0. The van der Waals surface area contributed by atoms with Gasteiger partial charge in [-0.1, -0.05) is 17.7 Å². The Morgan fingerprint density at radius 3 is 2.50 bits per heavy atom. The minimum absolute atomic E-state index is 0.0323. The average Bonchev–Trinajstić information content (AvgIpc) is 2.74. The van der Waals surface area contributed by atoms with E-state index in [4.69, 9.17) is 26.8 Å². The number of phenols is 1. The highest BCUT2D eigenvalue weighted by atomic mass is 35.5. The lowest BCUT2D eigenvalue weighted by molar-refractivity contribution is 0.0958. The number of carbonyl (C=O) groups excluding carboxylic acids is 1. The maximum absolute atomic E-state index is 12.7. The molecule has 0 atom stereocenters. The minimum Gasteiger partial charge on any atom is -0.504 e. The number of anilines is 1. The number of phenolic OH excluding ortho intramolecular Hbond substituents is 1. The van der Waals surface area contributed by atoms with E-state index in [0.29, 0.717) is 40.1 Å². The molecule has 2 aromatic rings. The van der Waals surface area contributed by atoms with Crippen LogP contribution in [0.25, 0.3) is 0 Å². The van der Waals surface area contributed by atoms with E-state index in [9.17, 15) is 9.90 Å². The lowest BCUT2D eigenvalue weighted by atomic mass is 9.90. The molecule has 6 nitrogen and oxygen atoms in total. The normalized spacial score (nSPS) is 15.2. The van der Waals surface area contributed by atoms with Crippen LogP contribution in [0.5, 0.6) is 17.2 Å². The summed E-state index contributed by atoms with van der Waals surface area (Å²) < 4.78 is 10.4. The number of hydrogen-bond donors (Lipinski definition) is 2. The number of piperidine rings is 1. The number of hydrogen-bond acceptors (Lipinski definition) is 6. The van der Waals surface area contributed by atoms with Gasteiger partial charge < -0.3 is 20.3 Å². The molecule has 0 aromatic heterocycles. The first-order valence-electron chi connectivity index (χ1n) is 10.2. The maximum Gasteiger partial charge on any atom is 0.166 e. The summed E-state index contributed by atoms with van der Waals surface area (Å²) in [6.45, 7) is 2.75. The highest BCUT2D eigenvalue weighted by Crippen LogP contribution is 2.32. The molecule has 3 N–H and O–H groups in total. The molecular formula is C23H29ClN2O4. The van der Waals surface area contributed by atoms with Gasteiger partial charge in [-0.15, -0.1) is 0 Å². The van der Waals surface area contributed by atoms with E-state index in [2.05, 4.69) is 4.90 Å². The Morgan fingerprint density at radius 2 is 1.87 bits per heavy atom. The Bertz CT molecular complexity index is 895. The zero-order valence-electron chi connectivity index (χ0n) is 17.5. The van der Waals surface area contributed by atoms with Crippen LogP contribution in [-0.4, -0.2) is 43.1 Å². The first-order valence-corrected chi connectivity index (χ1v) is 10.5. The topological polar surface area (TPSA) is 85.0 Å². The van der Waals surface area contributed by atoms with Crippen LogP contribution in [0, 0.1) is 5.92 Å². The number of nitrogens with two attached hydrogens (primary N) is 1. The van der Waals surface area contributed by atoms with E-state index in [1.54, 1.807) is 31.4 Å². The summed E-state index contributed by atoms with van der Waals surface area (Å²) in [6, 6.07) is 8.74. The Labute approximate surface area is 182 Å². The number of nitrogens with zero attached hydrogens (tertiary/aromatic N) is 1. The van der Waals surface area contributed by atoms with Crippen LogP contribution in [0.2, 0.25) is 5.02 Å². The fraction of sp³-hybridized carbons (Fsp3) is 0.435. The molecule has 1 heterocycles. The Hall–Kier alpha value is -2.44. The Kier molecular flexibility index (Phi) is 7.45. The molecule has 2 aromatic carbocycles.